The van der Waals surface area contributed by atoms with Crippen molar-refractivity contribution in [2.24, 2.45) is 0 Å². The van der Waals surface area contributed by atoms with Crippen LogP contribution in [0.4, 0.5) is 5.82 Å². The van der Waals surface area contributed by atoms with E-state index in [0.717, 1.165) is 113 Å². The van der Waals surface area contributed by atoms with E-state index in [-0.39, 0.29) is 6.61 Å². The third kappa shape index (κ3) is 9.21. The Labute approximate surface area is 250 Å². The van der Waals surface area contributed by atoms with Crippen LogP contribution in [0, 0.1) is 0 Å². The molecule has 3 aromatic rings. The van der Waals surface area contributed by atoms with Crippen molar-refractivity contribution in [2.45, 2.75) is 38.8 Å². The summed E-state index contributed by atoms with van der Waals surface area (Å²) in [5, 5.41) is 15.7. The molecule has 3 heterocycles. The number of ether oxygens (including phenoxy) is 2. The van der Waals surface area contributed by atoms with Gasteiger partial charge in [0.15, 0.2) is 5.82 Å². The van der Waals surface area contributed by atoms with Gasteiger partial charge in [0.25, 0.3) is 0 Å². The van der Waals surface area contributed by atoms with Gasteiger partial charge < -0.3 is 30.1 Å². The first kappa shape index (κ1) is 30.4. The highest BCUT2D eigenvalue weighted by atomic mass is 16.5. The summed E-state index contributed by atoms with van der Waals surface area (Å²) < 4.78 is 11.4. The van der Waals surface area contributed by atoms with Crippen molar-refractivity contribution >= 4 is 5.82 Å². The lowest BCUT2D eigenvalue weighted by molar-refractivity contribution is 0.141. The summed E-state index contributed by atoms with van der Waals surface area (Å²) in [4.78, 5) is 15.1. The maximum absolute atomic E-state index is 8.89. The van der Waals surface area contributed by atoms with Gasteiger partial charge in [-0.15, -0.1) is 0 Å². The van der Waals surface area contributed by atoms with Crippen LogP contribution in [0.5, 0.6) is 5.75 Å². The molecule has 1 aromatic heterocycles. The predicted octanol–water partition coefficient (Wildman–Crippen LogP) is 3.58. The number of unbranched alkanes of at least 4 members (excludes halogenated alkanes) is 1. The number of anilines is 1. The summed E-state index contributed by atoms with van der Waals surface area (Å²) in [7, 11) is 0. The summed E-state index contributed by atoms with van der Waals surface area (Å²) in [6, 6.07) is 18.7. The number of nitrogens with zero attached hydrogens (tertiary/aromatic N) is 4. The van der Waals surface area contributed by atoms with Crippen LogP contribution < -0.4 is 15.4 Å². The van der Waals surface area contributed by atoms with E-state index >= 15 is 0 Å². The fraction of sp³-hybridized carbons (Fsp3) is 0.515. The summed E-state index contributed by atoms with van der Waals surface area (Å²) >= 11 is 0. The van der Waals surface area contributed by atoms with E-state index in [4.69, 9.17) is 24.5 Å². The minimum atomic E-state index is 0.131. The Morgan fingerprint density at radius 1 is 0.881 bits per heavy atom. The molecule has 0 saturated carbocycles. The molecule has 2 aliphatic rings. The van der Waals surface area contributed by atoms with Crippen LogP contribution in [0.15, 0.2) is 54.6 Å². The molecule has 0 amide bonds. The number of rotatable bonds is 15. The van der Waals surface area contributed by atoms with Crippen LogP contribution in [-0.2, 0) is 24.2 Å². The van der Waals surface area contributed by atoms with E-state index in [9.17, 15) is 0 Å². The number of hydrogen-bond donors (Lipinski definition) is 3. The third-order valence-corrected chi connectivity index (χ3v) is 7.85. The molecule has 226 valence electrons. The maximum atomic E-state index is 8.89. The number of fused-ring (bicyclic) bond motifs is 1. The molecule has 2 aliphatic heterocycles. The molecule has 0 radical (unpaired) electrons. The second-order valence-corrected chi connectivity index (χ2v) is 11.1. The largest absolute Gasteiger partial charge is 0.492 e. The van der Waals surface area contributed by atoms with Gasteiger partial charge >= 0.3 is 0 Å². The van der Waals surface area contributed by atoms with Crippen LogP contribution in [-0.4, -0.2) is 97.1 Å². The fourth-order valence-electron chi connectivity index (χ4n) is 5.56. The van der Waals surface area contributed by atoms with Crippen LogP contribution in [0.3, 0.4) is 0 Å². The lowest BCUT2D eigenvalue weighted by Crippen LogP contribution is -2.32. The smallest absolute Gasteiger partial charge is 0.161 e. The van der Waals surface area contributed by atoms with Crippen molar-refractivity contribution in [1.29, 1.82) is 0 Å². The molecule has 3 N–H and O–H groups in total. The molecule has 1 fully saturated rings. The molecule has 0 bridgehead atoms. The molecule has 0 unspecified atom stereocenters. The van der Waals surface area contributed by atoms with Crippen molar-refractivity contribution in [2.75, 3.05) is 77.6 Å². The van der Waals surface area contributed by atoms with E-state index in [1.54, 1.807) is 0 Å². The Morgan fingerprint density at radius 2 is 1.76 bits per heavy atom. The zero-order valence-electron chi connectivity index (χ0n) is 24.8. The minimum absolute atomic E-state index is 0.131. The first-order valence-corrected chi connectivity index (χ1v) is 15.5. The van der Waals surface area contributed by atoms with Gasteiger partial charge in [-0.3, -0.25) is 4.90 Å². The second kappa shape index (κ2) is 16.5. The van der Waals surface area contributed by atoms with E-state index in [0.29, 0.717) is 19.7 Å². The van der Waals surface area contributed by atoms with Gasteiger partial charge in [0, 0.05) is 76.5 Å². The van der Waals surface area contributed by atoms with Gasteiger partial charge in [0.2, 0.25) is 0 Å². The van der Waals surface area contributed by atoms with E-state index < -0.39 is 0 Å². The normalized spacial score (nSPS) is 16.1. The standard InChI is InChI=1S/C33H46N6O3/c40-21-15-34-16-23-42-29-11-9-28(10-12-29)32-36-31-13-19-39(25-27-7-2-1-3-8-27)26-30(31)33(37-32)35-14-4-5-17-38-18-6-22-41-24-20-38/h1-3,7-12,34,40H,4-6,13-26H2,(H,35,36,37). The molecule has 5 rings (SSSR count). The number of aliphatic hydroxyl groups excluding tert-OH is 1. The molecule has 0 atom stereocenters. The number of aromatic nitrogens is 2. The number of hydrogen-bond acceptors (Lipinski definition) is 9. The summed E-state index contributed by atoms with van der Waals surface area (Å²) in [6.45, 7) is 10.6. The summed E-state index contributed by atoms with van der Waals surface area (Å²) in [5.74, 6) is 2.54. The van der Waals surface area contributed by atoms with Crippen molar-refractivity contribution in [1.82, 2.24) is 25.1 Å². The lowest BCUT2D eigenvalue weighted by atomic mass is 10.0. The average molecular weight is 575 g/mol. The van der Waals surface area contributed by atoms with E-state index in [1.165, 1.54) is 11.1 Å². The third-order valence-electron chi connectivity index (χ3n) is 7.85. The lowest BCUT2D eigenvalue weighted by Gasteiger charge is -2.30. The molecule has 0 aliphatic carbocycles. The first-order chi connectivity index (χ1) is 20.8. The topological polar surface area (TPSA) is 95.0 Å². The van der Waals surface area contributed by atoms with Crippen molar-refractivity contribution in [3.63, 3.8) is 0 Å². The van der Waals surface area contributed by atoms with Gasteiger partial charge in [0.1, 0.15) is 18.2 Å². The van der Waals surface area contributed by atoms with Gasteiger partial charge in [0.05, 0.1) is 18.9 Å². The quantitative estimate of drug-likeness (QED) is 0.236. The summed E-state index contributed by atoms with van der Waals surface area (Å²) in [5.41, 5.74) is 4.69. The highest BCUT2D eigenvalue weighted by Gasteiger charge is 2.23. The minimum Gasteiger partial charge on any atom is -0.492 e. The highest BCUT2D eigenvalue weighted by molar-refractivity contribution is 5.61. The zero-order valence-corrected chi connectivity index (χ0v) is 24.8. The van der Waals surface area contributed by atoms with Gasteiger partial charge in [-0.1, -0.05) is 30.3 Å². The van der Waals surface area contributed by atoms with Gasteiger partial charge in [-0.25, -0.2) is 9.97 Å². The molecular formula is C33H46N6O3. The number of aliphatic hydroxyl groups is 1. The molecule has 9 heteroatoms. The zero-order chi connectivity index (χ0) is 28.8. The van der Waals surface area contributed by atoms with E-state index in [1.807, 2.05) is 24.3 Å². The Bertz CT molecular complexity index is 1200. The Balaban J connectivity index is 1.24. The van der Waals surface area contributed by atoms with Crippen LogP contribution in [0.1, 0.15) is 36.1 Å². The van der Waals surface area contributed by atoms with Crippen molar-refractivity contribution < 1.29 is 14.6 Å². The SMILES string of the molecule is OCCNCCOc1ccc(-c2nc3c(c(NCCCCN4CCCOCC4)n2)CN(Cc2ccccc2)CC3)cc1. The monoisotopic (exact) mass is 574 g/mol. The number of benzene rings is 2. The van der Waals surface area contributed by atoms with E-state index in [2.05, 4.69) is 50.8 Å². The molecule has 42 heavy (non-hydrogen) atoms. The number of nitrogens with one attached hydrogen (secondary N) is 2. The van der Waals surface area contributed by atoms with Gasteiger partial charge in [-0.2, -0.15) is 0 Å². The highest BCUT2D eigenvalue weighted by Crippen LogP contribution is 2.29. The van der Waals surface area contributed by atoms with Crippen LogP contribution in [0.2, 0.25) is 0 Å². The maximum Gasteiger partial charge on any atom is 0.161 e. The Morgan fingerprint density at radius 3 is 2.62 bits per heavy atom. The van der Waals surface area contributed by atoms with Crippen LogP contribution in [0.25, 0.3) is 11.4 Å². The molecule has 0 spiro atoms. The van der Waals surface area contributed by atoms with Crippen molar-refractivity contribution in [3.8, 4) is 17.1 Å². The van der Waals surface area contributed by atoms with Gasteiger partial charge in [-0.05, 0) is 55.6 Å². The first-order valence-electron chi connectivity index (χ1n) is 15.5. The van der Waals surface area contributed by atoms with Crippen LogP contribution >= 0.6 is 0 Å². The average Bonchev–Trinajstić information content (AvgIpc) is 3.30. The molecular weight excluding hydrogens is 528 g/mol. The molecule has 2 aromatic carbocycles. The Hall–Kier alpha value is -3.08. The fourth-order valence-corrected chi connectivity index (χ4v) is 5.56. The Kier molecular flexibility index (Phi) is 12.0. The van der Waals surface area contributed by atoms with Crippen molar-refractivity contribution in [3.05, 3.63) is 71.4 Å². The summed E-state index contributed by atoms with van der Waals surface area (Å²) in [6.07, 6.45) is 4.29. The second-order valence-electron chi connectivity index (χ2n) is 11.1. The molecule has 9 nitrogen and oxygen atoms in total. The predicted molar refractivity (Wildman–Crippen MR) is 167 cm³/mol. The molecule has 1 saturated heterocycles.